The Balaban J connectivity index is 0.00000392. The van der Waals surface area contributed by atoms with E-state index in [1.54, 1.807) is 18.4 Å². The van der Waals surface area contributed by atoms with Crippen molar-refractivity contribution in [3.63, 3.8) is 0 Å². The van der Waals surface area contributed by atoms with Gasteiger partial charge in [-0.05, 0) is 52.2 Å². The zero-order valence-corrected chi connectivity index (χ0v) is 21.1. The van der Waals surface area contributed by atoms with E-state index in [0.717, 1.165) is 29.8 Å². The first-order valence-electron chi connectivity index (χ1n) is 10.2. The van der Waals surface area contributed by atoms with Crippen LogP contribution in [-0.2, 0) is 11.3 Å². The SMILES string of the molecule is CN=C(NCCCCCN1CCCCC1)N(C)Cc1csc(C(C)OC)n1.I. The molecule has 0 spiro atoms. The van der Waals surface area contributed by atoms with Crippen molar-refractivity contribution in [1.82, 2.24) is 20.1 Å². The highest BCUT2D eigenvalue weighted by Gasteiger charge is 2.13. The fraction of sp³-hybridized carbons (Fsp3) is 0.800. The van der Waals surface area contributed by atoms with Crippen LogP contribution in [0.3, 0.4) is 0 Å². The van der Waals surface area contributed by atoms with Gasteiger partial charge in [0.05, 0.1) is 12.2 Å². The maximum atomic E-state index is 5.34. The number of hydrogen-bond donors (Lipinski definition) is 1. The Morgan fingerprint density at radius 2 is 2.07 bits per heavy atom. The van der Waals surface area contributed by atoms with Gasteiger partial charge in [0.2, 0.25) is 0 Å². The van der Waals surface area contributed by atoms with E-state index >= 15 is 0 Å². The lowest BCUT2D eigenvalue weighted by molar-refractivity contribution is 0.119. The highest BCUT2D eigenvalue weighted by Crippen LogP contribution is 2.20. The van der Waals surface area contributed by atoms with Crippen LogP contribution in [0, 0.1) is 0 Å². The van der Waals surface area contributed by atoms with Gasteiger partial charge >= 0.3 is 0 Å². The lowest BCUT2D eigenvalue weighted by Crippen LogP contribution is -2.39. The van der Waals surface area contributed by atoms with Crippen LogP contribution < -0.4 is 5.32 Å². The van der Waals surface area contributed by atoms with Gasteiger partial charge in [0, 0.05) is 33.1 Å². The molecule has 0 bridgehead atoms. The first-order valence-corrected chi connectivity index (χ1v) is 11.1. The third-order valence-corrected chi connectivity index (χ3v) is 6.18. The minimum Gasteiger partial charge on any atom is -0.375 e. The standard InChI is InChI=1S/C20H37N5OS.HI/c1-17(26-4)19-23-18(16-27-19)15-24(3)20(21-2)22-11-7-5-8-12-25-13-9-6-10-14-25;/h16-17H,5-15H2,1-4H3,(H,21,22);1H. The van der Waals surface area contributed by atoms with Crippen molar-refractivity contribution in [3.8, 4) is 0 Å². The second-order valence-electron chi connectivity index (χ2n) is 7.35. The van der Waals surface area contributed by atoms with E-state index in [0.29, 0.717) is 0 Å². The van der Waals surface area contributed by atoms with E-state index in [1.807, 2.05) is 14.0 Å². The number of guanidine groups is 1. The van der Waals surface area contributed by atoms with Crippen LogP contribution in [0.4, 0.5) is 0 Å². The van der Waals surface area contributed by atoms with Crippen molar-refractivity contribution < 1.29 is 4.74 Å². The monoisotopic (exact) mass is 523 g/mol. The molecule has 1 aliphatic heterocycles. The summed E-state index contributed by atoms with van der Waals surface area (Å²) in [4.78, 5) is 13.8. The van der Waals surface area contributed by atoms with Gasteiger partial charge in [0.1, 0.15) is 11.1 Å². The van der Waals surface area contributed by atoms with E-state index in [2.05, 4.69) is 37.5 Å². The zero-order valence-electron chi connectivity index (χ0n) is 17.9. The van der Waals surface area contributed by atoms with Crippen LogP contribution in [0.5, 0.6) is 0 Å². The van der Waals surface area contributed by atoms with E-state index in [1.165, 1.54) is 58.2 Å². The molecular weight excluding hydrogens is 485 g/mol. The number of rotatable bonds is 10. The van der Waals surface area contributed by atoms with Gasteiger partial charge in [-0.1, -0.05) is 12.8 Å². The summed E-state index contributed by atoms with van der Waals surface area (Å²) in [6, 6.07) is 0. The van der Waals surface area contributed by atoms with Crippen molar-refractivity contribution in [2.24, 2.45) is 4.99 Å². The normalized spacial score (nSPS) is 16.5. The predicted molar refractivity (Wildman–Crippen MR) is 130 cm³/mol. The van der Waals surface area contributed by atoms with E-state index < -0.39 is 0 Å². The second-order valence-corrected chi connectivity index (χ2v) is 8.24. The number of piperidine rings is 1. The van der Waals surface area contributed by atoms with Crippen molar-refractivity contribution in [2.75, 3.05) is 47.4 Å². The number of likely N-dealkylation sites (tertiary alicyclic amines) is 1. The Labute approximate surface area is 192 Å². The summed E-state index contributed by atoms with van der Waals surface area (Å²) >= 11 is 1.66. The fourth-order valence-electron chi connectivity index (χ4n) is 3.41. The largest absolute Gasteiger partial charge is 0.375 e. The Hall–Kier alpha value is -0.450. The van der Waals surface area contributed by atoms with Crippen molar-refractivity contribution in [1.29, 1.82) is 0 Å². The van der Waals surface area contributed by atoms with E-state index in [9.17, 15) is 0 Å². The van der Waals surface area contributed by atoms with Crippen molar-refractivity contribution >= 4 is 41.3 Å². The maximum Gasteiger partial charge on any atom is 0.193 e. The lowest BCUT2D eigenvalue weighted by Gasteiger charge is -2.26. The number of thiazole rings is 1. The van der Waals surface area contributed by atoms with Crippen LogP contribution in [0.15, 0.2) is 10.4 Å². The van der Waals surface area contributed by atoms with Crippen LogP contribution in [0.2, 0.25) is 0 Å². The number of aromatic nitrogens is 1. The smallest absolute Gasteiger partial charge is 0.193 e. The fourth-order valence-corrected chi connectivity index (χ4v) is 4.25. The van der Waals surface area contributed by atoms with Gasteiger partial charge in [0.15, 0.2) is 5.96 Å². The van der Waals surface area contributed by atoms with E-state index in [-0.39, 0.29) is 30.1 Å². The number of aliphatic imine (C=N–C) groups is 1. The van der Waals surface area contributed by atoms with Crippen molar-refractivity contribution in [3.05, 3.63) is 16.1 Å². The molecule has 0 aliphatic carbocycles. The molecule has 0 amide bonds. The Morgan fingerprint density at radius 3 is 2.75 bits per heavy atom. The molecule has 8 heteroatoms. The van der Waals surface area contributed by atoms with Crippen molar-refractivity contribution in [2.45, 2.75) is 58.1 Å². The maximum absolute atomic E-state index is 5.34. The summed E-state index contributed by atoms with van der Waals surface area (Å²) in [5.74, 6) is 0.931. The molecular formula is C20H38IN5OS. The lowest BCUT2D eigenvalue weighted by atomic mass is 10.1. The number of methoxy groups -OCH3 is 1. The minimum absolute atomic E-state index is 0. The Bertz CT molecular complexity index is 563. The zero-order chi connectivity index (χ0) is 19.5. The third kappa shape index (κ3) is 8.92. The first kappa shape index (κ1) is 25.6. The molecule has 1 fully saturated rings. The van der Waals surface area contributed by atoms with Gasteiger partial charge in [-0.3, -0.25) is 4.99 Å². The Kier molecular flexibility index (Phi) is 13.3. The summed E-state index contributed by atoms with van der Waals surface area (Å²) < 4.78 is 5.34. The molecule has 1 aromatic rings. The molecule has 1 N–H and O–H groups in total. The molecule has 1 aromatic heterocycles. The first-order chi connectivity index (χ1) is 13.1. The summed E-state index contributed by atoms with van der Waals surface area (Å²) in [5.41, 5.74) is 1.06. The van der Waals surface area contributed by atoms with Gasteiger partial charge in [-0.15, -0.1) is 35.3 Å². The average Bonchev–Trinajstić information content (AvgIpc) is 3.16. The molecule has 1 saturated heterocycles. The average molecular weight is 524 g/mol. The molecule has 0 saturated carbocycles. The molecule has 1 aliphatic rings. The molecule has 162 valence electrons. The topological polar surface area (TPSA) is 53.0 Å². The molecule has 0 aromatic carbocycles. The molecule has 6 nitrogen and oxygen atoms in total. The van der Waals surface area contributed by atoms with Crippen LogP contribution in [0.25, 0.3) is 0 Å². The minimum atomic E-state index is 0. The molecule has 2 heterocycles. The number of halogens is 1. The molecule has 2 rings (SSSR count). The molecule has 1 unspecified atom stereocenters. The van der Waals surface area contributed by atoms with E-state index in [4.69, 9.17) is 4.74 Å². The number of nitrogens with one attached hydrogen (secondary N) is 1. The summed E-state index contributed by atoms with van der Waals surface area (Å²) in [7, 11) is 5.62. The van der Waals surface area contributed by atoms with Gasteiger partial charge in [-0.25, -0.2) is 4.98 Å². The second kappa shape index (κ2) is 14.5. The molecule has 1 atom stereocenters. The quantitative estimate of drug-likeness (QED) is 0.216. The summed E-state index contributed by atoms with van der Waals surface area (Å²) in [5, 5.41) is 6.61. The Morgan fingerprint density at radius 1 is 1.32 bits per heavy atom. The predicted octanol–water partition coefficient (Wildman–Crippen LogP) is 4.13. The van der Waals surface area contributed by atoms with Gasteiger partial charge < -0.3 is 19.9 Å². The van der Waals surface area contributed by atoms with Gasteiger partial charge in [-0.2, -0.15) is 0 Å². The third-order valence-electron chi connectivity index (χ3n) is 5.13. The number of hydrogen-bond acceptors (Lipinski definition) is 5. The summed E-state index contributed by atoms with van der Waals surface area (Å²) in [6.07, 6.45) is 8.00. The molecule has 28 heavy (non-hydrogen) atoms. The van der Waals surface area contributed by atoms with Crippen LogP contribution in [-0.4, -0.2) is 68.1 Å². The van der Waals surface area contributed by atoms with Crippen LogP contribution in [0.1, 0.15) is 62.3 Å². The van der Waals surface area contributed by atoms with Crippen LogP contribution >= 0.6 is 35.3 Å². The highest BCUT2D eigenvalue weighted by atomic mass is 127. The number of nitrogens with zero attached hydrogens (tertiary/aromatic N) is 4. The number of ether oxygens (including phenoxy) is 1. The highest BCUT2D eigenvalue weighted by molar-refractivity contribution is 14.0. The molecule has 0 radical (unpaired) electrons. The van der Waals surface area contributed by atoms with Gasteiger partial charge in [0.25, 0.3) is 0 Å². The number of unbranched alkanes of at least 4 members (excludes halogenated alkanes) is 2. The summed E-state index contributed by atoms with van der Waals surface area (Å²) in [6.45, 7) is 7.62.